The van der Waals surface area contributed by atoms with Gasteiger partial charge in [-0.05, 0) is 24.5 Å². The highest BCUT2D eigenvalue weighted by Crippen LogP contribution is 2.40. The summed E-state index contributed by atoms with van der Waals surface area (Å²) < 4.78 is 0. The standard InChI is InChI=1S/C18H22N2/c1-18(19,15-10-6-3-7-11-15)13-20-17-12-16(17)14-8-4-2-5-9-14/h2-11,16-17,20H,12-13,19H2,1H3. The van der Waals surface area contributed by atoms with Gasteiger partial charge in [0.25, 0.3) is 0 Å². The van der Waals surface area contributed by atoms with Gasteiger partial charge in [0.1, 0.15) is 0 Å². The maximum absolute atomic E-state index is 6.44. The molecule has 2 aromatic rings. The summed E-state index contributed by atoms with van der Waals surface area (Å²) in [5, 5.41) is 3.62. The molecular weight excluding hydrogens is 244 g/mol. The van der Waals surface area contributed by atoms with Crippen molar-refractivity contribution in [3.05, 3.63) is 71.8 Å². The topological polar surface area (TPSA) is 38.0 Å². The molecule has 0 radical (unpaired) electrons. The van der Waals surface area contributed by atoms with Gasteiger partial charge in [0, 0.05) is 18.5 Å². The molecule has 0 bridgehead atoms. The third-order valence-corrected chi connectivity index (χ3v) is 4.18. The van der Waals surface area contributed by atoms with Crippen molar-refractivity contribution < 1.29 is 0 Å². The van der Waals surface area contributed by atoms with Gasteiger partial charge in [-0.25, -0.2) is 0 Å². The van der Waals surface area contributed by atoms with Crippen molar-refractivity contribution in [2.45, 2.75) is 30.8 Å². The van der Waals surface area contributed by atoms with E-state index in [0.717, 1.165) is 6.54 Å². The molecular formula is C18H22N2. The number of nitrogens with two attached hydrogens (primary N) is 1. The van der Waals surface area contributed by atoms with E-state index < -0.39 is 0 Å². The van der Waals surface area contributed by atoms with Crippen LogP contribution in [0.1, 0.15) is 30.4 Å². The van der Waals surface area contributed by atoms with Crippen molar-refractivity contribution in [1.29, 1.82) is 0 Å². The first-order valence-corrected chi connectivity index (χ1v) is 7.29. The second kappa shape index (κ2) is 5.39. The van der Waals surface area contributed by atoms with Crippen LogP contribution < -0.4 is 11.1 Å². The van der Waals surface area contributed by atoms with Crippen molar-refractivity contribution in [1.82, 2.24) is 5.32 Å². The fourth-order valence-corrected chi connectivity index (χ4v) is 2.75. The summed E-state index contributed by atoms with van der Waals surface area (Å²) in [5.74, 6) is 0.655. The Morgan fingerprint density at radius 2 is 1.65 bits per heavy atom. The molecule has 1 aliphatic carbocycles. The van der Waals surface area contributed by atoms with Crippen LogP contribution in [0.3, 0.4) is 0 Å². The third-order valence-electron chi connectivity index (χ3n) is 4.18. The Labute approximate surface area is 121 Å². The molecule has 3 atom stereocenters. The first-order valence-electron chi connectivity index (χ1n) is 7.29. The fourth-order valence-electron chi connectivity index (χ4n) is 2.75. The molecule has 1 aliphatic rings. The first kappa shape index (κ1) is 13.3. The SMILES string of the molecule is CC(N)(CNC1CC1c1ccccc1)c1ccccc1. The Morgan fingerprint density at radius 1 is 1.05 bits per heavy atom. The Morgan fingerprint density at radius 3 is 2.30 bits per heavy atom. The Bertz CT molecular complexity index is 548. The van der Waals surface area contributed by atoms with E-state index in [4.69, 9.17) is 5.73 Å². The minimum absolute atomic E-state index is 0.314. The van der Waals surface area contributed by atoms with Crippen molar-refractivity contribution >= 4 is 0 Å². The molecule has 20 heavy (non-hydrogen) atoms. The van der Waals surface area contributed by atoms with E-state index in [1.54, 1.807) is 0 Å². The van der Waals surface area contributed by atoms with Crippen LogP contribution in [0, 0.1) is 0 Å². The fraction of sp³-hybridized carbons (Fsp3) is 0.333. The van der Waals surface area contributed by atoms with Crippen molar-refractivity contribution in [2.75, 3.05) is 6.54 Å². The quantitative estimate of drug-likeness (QED) is 0.873. The highest BCUT2D eigenvalue weighted by Gasteiger charge is 2.38. The number of nitrogens with one attached hydrogen (secondary N) is 1. The van der Waals surface area contributed by atoms with Crippen LogP contribution >= 0.6 is 0 Å². The minimum Gasteiger partial charge on any atom is -0.321 e. The summed E-state index contributed by atoms with van der Waals surface area (Å²) in [6.07, 6.45) is 1.22. The van der Waals surface area contributed by atoms with E-state index in [2.05, 4.69) is 54.7 Å². The molecule has 0 heterocycles. The predicted octanol–water partition coefficient (Wildman–Crippen LogP) is 3.01. The lowest BCUT2D eigenvalue weighted by atomic mass is 9.93. The number of rotatable bonds is 5. The van der Waals surface area contributed by atoms with Gasteiger partial charge in [-0.1, -0.05) is 60.7 Å². The van der Waals surface area contributed by atoms with Gasteiger partial charge in [-0.3, -0.25) is 0 Å². The molecule has 0 aromatic heterocycles. The summed E-state index contributed by atoms with van der Waals surface area (Å²) in [5.41, 5.74) is 8.74. The van der Waals surface area contributed by atoms with E-state index in [1.807, 2.05) is 18.2 Å². The zero-order chi connectivity index (χ0) is 14.0. The van der Waals surface area contributed by atoms with Crippen molar-refractivity contribution in [3.63, 3.8) is 0 Å². The minimum atomic E-state index is -0.314. The van der Waals surface area contributed by atoms with Gasteiger partial charge in [0.2, 0.25) is 0 Å². The summed E-state index contributed by atoms with van der Waals surface area (Å²) in [6, 6.07) is 21.6. The Kier molecular flexibility index (Phi) is 3.60. The van der Waals surface area contributed by atoms with E-state index in [9.17, 15) is 0 Å². The van der Waals surface area contributed by atoms with Crippen LogP contribution in [-0.2, 0) is 5.54 Å². The van der Waals surface area contributed by atoms with E-state index >= 15 is 0 Å². The summed E-state index contributed by atoms with van der Waals surface area (Å²) in [7, 11) is 0. The molecule has 1 saturated carbocycles. The van der Waals surface area contributed by atoms with Crippen molar-refractivity contribution in [3.8, 4) is 0 Å². The maximum atomic E-state index is 6.44. The van der Waals surface area contributed by atoms with Crippen LogP contribution in [0.5, 0.6) is 0 Å². The molecule has 2 aromatic carbocycles. The highest BCUT2D eigenvalue weighted by atomic mass is 15.0. The molecule has 1 fully saturated rings. The number of hydrogen-bond donors (Lipinski definition) is 2. The van der Waals surface area contributed by atoms with E-state index in [1.165, 1.54) is 17.5 Å². The predicted molar refractivity (Wildman–Crippen MR) is 83.6 cm³/mol. The number of hydrogen-bond acceptors (Lipinski definition) is 2. The lowest BCUT2D eigenvalue weighted by Gasteiger charge is -2.26. The average molecular weight is 266 g/mol. The Hall–Kier alpha value is -1.64. The zero-order valence-electron chi connectivity index (χ0n) is 11.9. The van der Waals surface area contributed by atoms with Crippen LogP contribution in [0.25, 0.3) is 0 Å². The second-order valence-electron chi connectivity index (χ2n) is 6.02. The summed E-state index contributed by atoms with van der Waals surface area (Å²) >= 11 is 0. The largest absolute Gasteiger partial charge is 0.321 e. The first-order chi connectivity index (χ1) is 9.67. The molecule has 3 rings (SSSR count). The average Bonchev–Trinajstić information content (AvgIpc) is 3.27. The lowest BCUT2D eigenvalue weighted by molar-refractivity contribution is 0.442. The normalized spacial score (nSPS) is 24.1. The summed E-state index contributed by atoms with van der Waals surface area (Å²) in [6.45, 7) is 2.90. The molecule has 3 unspecified atom stereocenters. The Balaban J connectivity index is 1.56. The van der Waals surface area contributed by atoms with Crippen LogP contribution in [0.4, 0.5) is 0 Å². The van der Waals surface area contributed by atoms with Crippen molar-refractivity contribution in [2.24, 2.45) is 5.73 Å². The monoisotopic (exact) mass is 266 g/mol. The summed E-state index contributed by atoms with van der Waals surface area (Å²) in [4.78, 5) is 0. The molecule has 0 spiro atoms. The van der Waals surface area contributed by atoms with Crippen LogP contribution in [0.15, 0.2) is 60.7 Å². The smallest absolute Gasteiger partial charge is 0.0507 e. The zero-order valence-corrected chi connectivity index (χ0v) is 11.9. The van der Waals surface area contributed by atoms with Gasteiger partial charge in [-0.15, -0.1) is 0 Å². The van der Waals surface area contributed by atoms with Crippen LogP contribution in [-0.4, -0.2) is 12.6 Å². The molecule has 0 saturated heterocycles. The molecule has 0 aliphatic heterocycles. The van der Waals surface area contributed by atoms with Gasteiger partial charge in [0.05, 0.1) is 5.54 Å². The number of benzene rings is 2. The van der Waals surface area contributed by atoms with Gasteiger partial charge in [0.15, 0.2) is 0 Å². The second-order valence-corrected chi connectivity index (χ2v) is 6.02. The molecule has 2 nitrogen and oxygen atoms in total. The van der Waals surface area contributed by atoms with Crippen LogP contribution in [0.2, 0.25) is 0 Å². The lowest BCUT2D eigenvalue weighted by Crippen LogP contribution is -2.44. The van der Waals surface area contributed by atoms with Gasteiger partial charge < -0.3 is 11.1 Å². The molecule has 3 N–H and O–H groups in total. The maximum Gasteiger partial charge on any atom is 0.0507 e. The molecule has 104 valence electrons. The van der Waals surface area contributed by atoms with E-state index in [-0.39, 0.29) is 5.54 Å². The molecule has 0 amide bonds. The third kappa shape index (κ3) is 2.92. The van der Waals surface area contributed by atoms with E-state index in [0.29, 0.717) is 12.0 Å². The van der Waals surface area contributed by atoms with Gasteiger partial charge in [-0.2, -0.15) is 0 Å². The highest BCUT2D eigenvalue weighted by molar-refractivity contribution is 5.28. The molecule has 2 heteroatoms. The van der Waals surface area contributed by atoms with Gasteiger partial charge >= 0.3 is 0 Å².